The van der Waals surface area contributed by atoms with Crippen LogP contribution in [0.3, 0.4) is 0 Å². The quantitative estimate of drug-likeness (QED) is 0.289. The predicted molar refractivity (Wildman–Crippen MR) is 197 cm³/mol. The Balaban J connectivity index is 1.26. The van der Waals surface area contributed by atoms with Crippen LogP contribution >= 0.6 is 11.6 Å². The lowest BCUT2D eigenvalue weighted by atomic mass is 9.82. The smallest absolute Gasteiger partial charge is 0.264 e. The minimum atomic E-state index is -2.46. The van der Waals surface area contributed by atoms with Gasteiger partial charge in [-0.1, -0.05) is 61.1 Å². The number of hydrogen-bond donors (Lipinski definition) is 1. The van der Waals surface area contributed by atoms with E-state index in [2.05, 4.69) is 32.2 Å². The van der Waals surface area contributed by atoms with Crippen molar-refractivity contribution in [2.45, 2.75) is 82.0 Å². The van der Waals surface area contributed by atoms with Gasteiger partial charge in [-0.15, -0.1) is 0 Å². The molecule has 3 fully saturated rings. The number of ether oxygens (including phenoxy) is 2. The van der Waals surface area contributed by atoms with Crippen molar-refractivity contribution in [3.63, 3.8) is 0 Å². The minimum Gasteiger partial charge on any atom is -0.497 e. The highest BCUT2D eigenvalue weighted by Gasteiger charge is 2.66. The molecule has 0 radical (unpaired) electrons. The van der Waals surface area contributed by atoms with Crippen LogP contribution in [0.1, 0.15) is 50.2 Å². The minimum absolute atomic E-state index is 0.0504. The van der Waals surface area contributed by atoms with Crippen LogP contribution in [0.4, 0.5) is 11.4 Å². The summed E-state index contributed by atoms with van der Waals surface area (Å²) in [6, 6.07) is 21.4. The number of carbonyl (C=O) groups is 3. The van der Waals surface area contributed by atoms with E-state index in [0.717, 1.165) is 47.5 Å². The second-order valence-corrected chi connectivity index (χ2v) is 19.9. The lowest BCUT2D eigenvalue weighted by molar-refractivity contribution is -0.150. The number of methoxy groups -OCH3 is 1. The summed E-state index contributed by atoms with van der Waals surface area (Å²) in [6.07, 6.45) is 2.64. The molecule has 0 aromatic heterocycles. The van der Waals surface area contributed by atoms with Gasteiger partial charge in [0.2, 0.25) is 11.8 Å². The zero-order valence-corrected chi connectivity index (χ0v) is 31.0. The second kappa shape index (κ2) is 13.4. The largest absolute Gasteiger partial charge is 0.497 e. The Kier molecular flexibility index (Phi) is 9.34. The van der Waals surface area contributed by atoms with Crippen LogP contribution in [0.25, 0.3) is 0 Å². The summed E-state index contributed by atoms with van der Waals surface area (Å²) >= 11 is 6.66. The van der Waals surface area contributed by atoms with Gasteiger partial charge >= 0.3 is 0 Å². The fourth-order valence-electron chi connectivity index (χ4n) is 9.17. The topological polar surface area (TPSA) is 99.6 Å². The maximum Gasteiger partial charge on any atom is 0.264 e. The first-order valence-corrected chi connectivity index (χ1v) is 21.2. The van der Waals surface area contributed by atoms with Gasteiger partial charge in [-0.05, 0) is 72.8 Å². The number of carbonyl (C=O) groups excluding carboxylic acids is 3. The molecule has 3 aromatic rings. The molecule has 0 aliphatic carbocycles. The van der Waals surface area contributed by atoms with Gasteiger partial charge in [0.1, 0.15) is 5.75 Å². The third kappa shape index (κ3) is 5.74. The van der Waals surface area contributed by atoms with Crippen LogP contribution in [0.2, 0.25) is 23.7 Å². The number of halogens is 1. The maximum atomic E-state index is 15.1. The molecule has 1 N–H and O–H groups in total. The number of amides is 3. The molecule has 50 heavy (non-hydrogen) atoms. The number of aliphatic hydroxyl groups is 1. The van der Waals surface area contributed by atoms with Crippen LogP contribution in [0.5, 0.6) is 5.75 Å². The molecule has 5 atom stereocenters. The van der Waals surface area contributed by atoms with Crippen molar-refractivity contribution in [3.8, 4) is 5.75 Å². The third-order valence-electron chi connectivity index (χ3n) is 11.7. The number of aliphatic hydroxyl groups excluding tert-OH is 1. The van der Waals surface area contributed by atoms with Crippen LogP contribution in [-0.2, 0) is 31.3 Å². The van der Waals surface area contributed by atoms with Crippen LogP contribution in [0.15, 0.2) is 66.7 Å². The summed E-state index contributed by atoms with van der Waals surface area (Å²) in [4.78, 5) is 46.8. The van der Waals surface area contributed by atoms with Gasteiger partial charge in [-0.3, -0.25) is 14.4 Å². The van der Waals surface area contributed by atoms with Crippen molar-refractivity contribution in [2.75, 3.05) is 36.6 Å². The Labute approximate surface area is 300 Å². The van der Waals surface area contributed by atoms with Crippen molar-refractivity contribution in [1.82, 2.24) is 4.90 Å². The summed E-state index contributed by atoms with van der Waals surface area (Å²) in [5.41, 5.74) is 1.83. The average molecular weight is 716 g/mol. The van der Waals surface area contributed by atoms with Gasteiger partial charge in [0.15, 0.2) is 5.60 Å². The summed E-state index contributed by atoms with van der Waals surface area (Å²) < 4.78 is 12.6. The molecule has 1 spiro atoms. The molecule has 11 heteroatoms. The van der Waals surface area contributed by atoms with E-state index < -0.39 is 19.8 Å². The van der Waals surface area contributed by atoms with Crippen LogP contribution in [0, 0.1) is 5.92 Å². The Hall–Kier alpha value is -3.70. The highest BCUT2D eigenvalue weighted by atomic mass is 35.5. The predicted octanol–water partition coefficient (Wildman–Crippen LogP) is 5.61. The first-order chi connectivity index (χ1) is 24.0. The van der Waals surface area contributed by atoms with Crippen molar-refractivity contribution in [2.24, 2.45) is 5.92 Å². The molecule has 4 aliphatic rings. The SMILES string of the molecule is COc1ccc([Si](C)(C)[C@@H]2[C@@H](CC(=O)N3CCC[C@H]3CO)O[C@]3(C(=O)N(Cc4ccc(N5CCCC5=O)cc4)c4ccc(Cl)cc43)[C@H]2C)cc1. The molecule has 0 unspecified atom stereocenters. The Morgan fingerprint density at radius 2 is 1.78 bits per heavy atom. The highest BCUT2D eigenvalue weighted by Crippen LogP contribution is 2.60. The number of likely N-dealkylation sites (tertiary alicyclic amines) is 1. The van der Waals surface area contributed by atoms with E-state index in [0.29, 0.717) is 31.1 Å². The fourth-order valence-corrected chi connectivity index (χ4v) is 13.4. The Morgan fingerprint density at radius 3 is 2.44 bits per heavy atom. The van der Waals surface area contributed by atoms with Crippen molar-refractivity contribution < 1.29 is 29.0 Å². The van der Waals surface area contributed by atoms with Crippen molar-refractivity contribution in [3.05, 3.63) is 82.9 Å². The number of fused-ring (bicyclic) bond motifs is 2. The molecule has 4 heterocycles. The summed E-state index contributed by atoms with van der Waals surface area (Å²) in [5, 5.41) is 11.7. The van der Waals surface area contributed by atoms with Gasteiger partial charge < -0.3 is 29.3 Å². The molecular weight excluding hydrogens is 670 g/mol. The lowest BCUT2D eigenvalue weighted by Crippen LogP contribution is -2.52. The maximum absolute atomic E-state index is 15.1. The van der Waals surface area contributed by atoms with Gasteiger partial charge in [-0.2, -0.15) is 0 Å². The van der Waals surface area contributed by atoms with E-state index >= 15 is 4.79 Å². The molecular formula is C39H46ClN3O6Si. The molecule has 3 saturated heterocycles. The standard InChI is InChI=1S/C39H46ClN3O6Si/c1-25-37(50(3,4)31-16-14-30(48-2)15-17-31)34(22-36(46)42-19-5-7-29(42)24-44)49-39(25)32-21-27(40)11-18-33(32)43(38(39)47)23-26-9-12-28(13-10-26)41-20-6-8-35(41)45/h9-18,21,25,29,34,37,44H,5-8,19-20,22-24H2,1-4H3/t25-,29-,34+,37-,39+/m0/s1. The number of benzene rings is 3. The van der Waals surface area contributed by atoms with Crippen LogP contribution < -0.4 is 19.7 Å². The molecule has 7 rings (SSSR count). The molecule has 3 amide bonds. The summed E-state index contributed by atoms with van der Waals surface area (Å²) in [5.74, 6) is 0.412. The Morgan fingerprint density at radius 1 is 1.04 bits per heavy atom. The van der Waals surface area contributed by atoms with Gasteiger partial charge in [0.05, 0.1) is 52.6 Å². The molecule has 0 saturated carbocycles. The Bertz CT molecular complexity index is 1790. The molecule has 0 bridgehead atoms. The first kappa shape index (κ1) is 34.7. The third-order valence-corrected chi connectivity index (χ3v) is 16.3. The molecule has 9 nitrogen and oxygen atoms in total. The molecule has 4 aliphatic heterocycles. The van der Waals surface area contributed by atoms with Crippen molar-refractivity contribution >= 4 is 54.0 Å². The summed E-state index contributed by atoms with van der Waals surface area (Å²) in [7, 11) is -0.806. The van der Waals surface area contributed by atoms with E-state index in [4.69, 9.17) is 21.1 Å². The zero-order chi connectivity index (χ0) is 35.4. The number of rotatable bonds is 9. The lowest BCUT2D eigenvalue weighted by Gasteiger charge is -2.37. The van der Waals surface area contributed by atoms with E-state index in [1.807, 2.05) is 53.4 Å². The molecule has 3 aromatic carbocycles. The fraction of sp³-hybridized carbons (Fsp3) is 0.462. The first-order valence-electron chi connectivity index (χ1n) is 17.7. The summed E-state index contributed by atoms with van der Waals surface area (Å²) in [6.45, 7) is 8.27. The van der Waals surface area contributed by atoms with Crippen molar-refractivity contribution in [1.29, 1.82) is 0 Å². The normalized spacial score (nSPS) is 26.4. The number of anilines is 2. The number of hydrogen-bond acceptors (Lipinski definition) is 6. The van der Waals surface area contributed by atoms with E-state index in [9.17, 15) is 14.7 Å². The highest BCUT2D eigenvalue weighted by molar-refractivity contribution is 6.91. The van der Waals surface area contributed by atoms with Crippen LogP contribution in [-0.4, -0.2) is 74.8 Å². The second-order valence-electron chi connectivity index (χ2n) is 14.8. The zero-order valence-electron chi connectivity index (χ0n) is 29.2. The van der Waals surface area contributed by atoms with Gasteiger partial charge in [0.25, 0.3) is 5.91 Å². The van der Waals surface area contributed by atoms with Gasteiger partial charge in [0, 0.05) is 41.7 Å². The average Bonchev–Trinajstić information content (AvgIpc) is 3.88. The van der Waals surface area contributed by atoms with Gasteiger partial charge in [-0.25, -0.2) is 0 Å². The molecule has 264 valence electrons. The van der Waals surface area contributed by atoms with E-state index in [-0.39, 0.29) is 48.3 Å². The number of nitrogens with zero attached hydrogens (tertiary/aromatic N) is 3. The van der Waals surface area contributed by atoms with E-state index in [1.165, 1.54) is 5.19 Å². The monoisotopic (exact) mass is 715 g/mol. The van der Waals surface area contributed by atoms with E-state index in [1.54, 1.807) is 23.0 Å².